The predicted molar refractivity (Wildman–Crippen MR) is 121 cm³/mol. The second kappa shape index (κ2) is 8.95. The summed E-state index contributed by atoms with van der Waals surface area (Å²) < 4.78 is 11.7. The minimum absolute atomic E-state index is 0.229. The summed E-state index contributed by atoms with van der Waals surface area (Å²) in [6.07, 6.45) is 0. The Morgan fingerprint density at radius 3 is 2.48 bits per heavy atom. The van der Waals surface area contributed by atoms with Crippen LogP contribution in [0.5, 0.6) is 11.5 Å². The molecular weight excluding hydrogens is 410 g/mol. The van der Waals surface area contributed by atoms with E-state index in [0.29, 0.717) is 29.1 Å². The van der Waals surface area contributed by atoms with Gasteiger partial charge in [0.15, 0.2) is 0 Å². The van der Waals surface area contributed by atoms with Crippen LogP contribution in [0.2, 0.25) is 5.02 Å². The van der Waals surface area contributed by atoms with Crippen LogP contribution in [0.4, 0.5) is 5.88 Å². The largest absolute Gasteiger partial charge is 0.457 e. The number of nitrogens with one attached hydrogen (secondary N) is 1. The van der Waals surface area contributed by atoms with Crippen molar-refractivity contribution in [2.45, 2.75) is 20.4 Å². The molecule has 4 rings (SSSR count). The molecule has 0 aliphatic heterocycles. The number of benzene rings is 3. The highest BCUT2D eigenvalue weighted by Gasteiger charge is 2.14. The molecule has 0 unspecified atom stereocenters. The van der Waals surface area contributed by atoms with E-state index in [1.165, 1.54) is 0 Å². The van der Waals surface area contributed by atoms with Gasteiger partial charge in [0.2, 0.25) is 17.5 Å². The molecule has 3 aromatic carbocycles. The van der Waals surface area contributed by atoms with Crippen LogP contribution in [-0.2, 0) is 6.54 Å². The number of aryl methyl sites for hydroxylation is 1. The lowest BCUT2D eigenvalue weighted by atomic mass is 10.1. The molecule has 5 nitrogen and oxygen atoms in total. The molecule has 0 fully saturated rings. The number of nitriles is 1. The molecule has 0 atom stereocenters. The van der Waals surface area contributed by atoms with E-state index < -0.39 is 0 Å². The van der Waals surface area contributed by atoms with Crippen molar-refractivity contribution in [3.63, 3.8) is 0 Å². The van der Waals surface area contributed by atoms with Crippen LogP contribution in [-0.4, -0.2) is 4.98 Å². The first-order chi connectivity index (χ1) is 15.0. The summed E-state index contributed by atoms with van der Waals surface area (Å²) in [6, 6.07) is 23.1. The second-order valence-corrected chi connectivity index (χ2v) is 7.54. The molecule has 0 spiro atoms. The third-order valence-electron chi connectivity index (χ3n) is 4.85. The van der Waals surface area contributed by atoms with Crippen LogP contribution < -0.4 is 10.1 Å². The standard InChI is InChI=1S/C25H20ClN3O2/c1-16-6-10-19(11-7-16)24-29-22(14-27)25(31-24)28-15-18-8-12-20(13-9-18)30-23-5-3-4-21(26)17(23)2/h3-13,28H,15H2,1-2H3. The molecule has 0 radical (unpaired) electrons. The Balaban J connectivity index is 1.44. The molecule has 154 valence electrons. The molecule has 0 aliphatic carbocycles. The minimum atomic E-state index is 0.229. The first-order valence-corrected chi connectivity index (χ1v) is 10.1. The van der Waals surface area contributed by atoms with Crippen LogP contribution in [0, 0.1) is 25.2 Å². The summed E-state index contributed by atoms with van der Waals surface area (Å²) in [7, 11) is 0. The summed E-state index contributed by atoms with van der Waals surface area (Å²) in [5, 5.41) is 13.2. The molecule has 0 aliphatic rings. The van der Waals surface area contributed by atoms with E-state index in [4.69, 9.17) is 20.8 Å². The number of rotatable bonds is 6. The maximum absolute atomic E-state index is 9.40. The first kappa shape index (κ1) is 20.5. The van der Waals surface area contributed by atoms with E-state index in [2.05, 4.69) is 16.4 Å². The second-order valence-electron chi connectivity index (χ2n) is 7.14. The highest BCUT2D eigenvalue weighted by molar-refractivity contribution is 6.31. The highest BCUT2D eigenvalue weighted by atomic mass is 35.5. The molecule has 1 N–H and O–H groups in total. The maximum atomic E-state index is 9.40. The number of hydrogen-bond donors (Lipinski definition) is 1. The number of aromatic nitrogens is 1. The van der Waals surface area contributed by atoms with Gasteiger partial charge in [0.1, 0.15) is 17.6 Å². The molecule has 1 heterocycles. The van der Waals surface area contributed by atoms with Gasteiger partial charge < -0.3 is 14.5 Å². The molecule has 6 heteroatoms. The number of hydrogen-bond acceptors (Lipinski definition) is 5. The third kappa shape index (κ3) is 4.71. The van der Waals surface area contributed by atoms with Crippen molar-refractivity contribution in [2.75, 3.05) is 5.32 Å². The molecule has 0 bridgehead atoms. The van der Waals surface area contributed by atoms with Gasteiger partial charge in [0.25, 0.3) is 0 Å². The summed E-state index contributed by atoms with van der Waals surface area (Å²) in [6.45, 7) is 4.41. The van der Waals surface area contributed by atoms with Gasteiger partial charge in [-0.15, -0.1) is 0 Å². The van der Waals surface area contributed by atoms with Crippen LogP contribution in [0.15, 0.2) is 71.1 Å². The van der Waals surface area contributed by atoms with Crippen LogP contribution in [0.3, 0.4) is 0 Å². The molecule has 1 aromatic heterocycles. The summed E-state index contributed by atoms with van der Waals surface area (Å²) >= 11 is 6.15. The van der Waals surface area contributed by atoms with E-state index in [-0.39, 0.29) is 5.69 Å². The Morgan fingerprint density at radius 2 is 1.77 bits per heavy atom. The van der Waals surface area contributed by atoms with Crippen LogP contribution in [0.1, 0.15) is 22.4 Å². The predicted octanol–water partition coefficient (Wildman–Crippen LogP) is 6.89. The zero-order chi connectivity index (χ0) is 21.8. The summed E-state index contributed by atoms with van der Waals surface area (Å²) in [5.74, 6) is 2.21. The van der Waals surface area contributed by atoms with E-state index in [1.54, 1.807) is 0 Å². The number of anilines is 1. The summed E-state index contributed by atoms with van der Waals surface area (Å²) in [4.78, 5) is 4.30. The van der Waals surface area contributed by atoms with Gasteiger partial charge in [0.05, 0.1) is 0 Å². The van der Waals surface area contributed by atoms with Gasteiger partial charge in [-0.3, -0.25) is 0 Å². The number of oxazole rings is 1. The van der Waals surface area contributed by atoms with E-state index in [1.807, 2.05) is 80.6 Å². The van der Waals surface area contributed by atoms with Crippen molar-refractivity contribution in [3.05, 3.63) is 94.1 Å². The monoisotopic (exact) mass is 429 g/mol. The van der Waals surface area contributed by atoms with Crippen molar-refractivity contribution in [2.24, 2.45) is 0 Å². The Bertz CT molecular complexity index is 1240. The summed E-state index contributed by atoms with van der Waals surface area (Å²) in [5.41, 5.74) is 4.10. The van der Waals surface area contributed by atoms with Crippen LogP contribution >= 0.6 is 11.6 Å². The molecule has 0 saturated carbocycles. The number of ether oxygens (including phenoxy) is 1. The van der Waals surface area contributed by atoms with Gasteiger partial charge in [-0.1, -0.05) is 47.5 Å². The minimum Gasteiger partial charge on any atom is -0.457 e. The highest BCUT2D eigenvalue weighted by Crippen LogP contribution is 2.30. The smallest absolute Gasteiger partial charge is 0.232 e. The van der Waals surface area contributed by atoms with Gasteiger partial charge in [-0.2, -0.15) is 10.2 Å². The van der Waals surface area contributed by atoms with Gasteiger partial charge in [0, 0.05) is 22.7 Å². The Hall–Kier alpha value is -3.75. The van der Waals surface area contributed by atoms with Crippen molar-refractivity contribution < 1.29 is 9.15 Å². The fraction of sp³-hybridized carbons (Fsp3) is 0.120. The number of halogens is 1. The van der Waals surface area contributed by atoms with E-state index in [9.17, 15) is 5.26 Å². The Labute approximate surface area is 185 Å². The zero-order valence-corrected chi connectivity index (χ0v) is 17.9. The molecule has 0 amide bonds. The molecular formula is C25H20ClN3O2. The lowest BCUT2D eigenvalue weighted by Crippen LogP contribution is -2.00. The maximum Gasteiger partial charge on any atom is 0.232 e. The van der Waals surface area contributed by atoms with Crippen molar-refractivity contribution in [3.8, 4) is 29.0 Å². The average Bonchev–Trinajstić information content (AvgIpc) is 3.20. The van der Waals surface area contributed by atoms with Gasteiger partial charge in [-0.05, 0) is 55.8 Å². The van der Waals surface area contributed by atoms with E-state index in [0.717, 1.165) is 28.0 Å². The normalized spacial score (nSPS) is 10.5. The lowest BCUT2D eigenvalue weighted by Gasteiger charge is -2.10. The fourth-order valence-electron chi connectivity index (χ4n) is 3.02. The Morgan fingerprint density at radius 1 is 1.03 bits per heavy atom. The third-order valence-corrected chi connectivity index (χ3v) is 5.26. The number of nitrogens with zero attached hydrogens (tertiary/aromatic N) is 2. The van der Waals surface area contributed by atoms with Crippen LogP contribution in [0.25, 0.3) is 11.5 Å². The quantitative estimate of drug-likeness (QED) is 0.361. The lowest BCUT2D eigenvalue weighted by molar-refractivity contribution is 0.479. The zero-order valence-electron chi connectivity index (χ0n) is 17.1. The Kier molecular flexibility index (Phi) is 5.92. The van der Waals surface area contributed by atoms with E-state index >= 15 is 0 Å². The molecule has 0 saturated heterocycles. The fourth-order valence-corrected chi connectivity index (χ4v) is 3.18. The molecule has 4 aromatic rings. The topological polar surface area (TPSA) is 71.1 Å². The average molecular weight is 430 g/mol. The van der Waals surface area contributed by atoms with Gasteiger partial charge in [-0.25, -0.2) is 0 Å². The van der Waals surface area contributed by atoms with Gasteiger partial charge >= 0.3 is 0 Å². The van der Waals surface area contributed by atoms with Crippen molar-refractivity contribution in [1.82, 2.24) is 4.98 Å². The van der Waals surface area contributed by atoms with Crippen molar-refractivity contribution in [1.29, 1.82) is 5.26 Å². The molecule has 31 heavy (non-hydrogen) atoms. The first-order valence-electron chi connectivity index (χ1n) is 9.77. The SMILES string of the molecule is Cc1ccc(-c2nc(C#N)c(NCc3ccc(Oc4cccc(Cl)c4C)cc3)o2)cc1. The van der Waals surface area contributed by atoms with Crippen molar-refractivity contribution >= 4 is 17.5 Å².